The first-order valence-corrected chi connectivity index (χ1v) is 15.6. The zero-order chi connectivity index (χ0) is 29.1. The second kappa shape index (κ2) is 13.3. The van der Waals surface area contributed by atoms with Crippen molar-refractivity contribution in [3.05, 3.63) is 113 Å². The molecule has 0 unspecified atom stereocenters. The van der Waals surface area contributed by atoms with Gasteiger partial charge in [0.1, 0.15) is 16.1 Å². The number of benzene rings is 2. The second-order valence-corrected chi connectivity index (χ2v) is 14.6. The Hall–Kier alpha value is -2.41. The van der Waals surface area contributed by atoms with Crippen molar-refractivity contribution in [1.82, 2.24) is 29.2 Å². The summed E-state index contributed by atoms with van der Waals surface area (Å²) in [5, 5.41) is 9.30. The Morgan fingerprint density at radius 3 is 1.71 bits per heavy atom. The van der Waals surface area contributed by atoms with Crippen LogP contribution in [0.25, 0.3) is 46.0 Å². The summed E-state index contributed by atoms with van der Waals surface area (Å²) < 4.78 is 18.6. The quantitative estimate of drug-likeness (QED) is 0.166. The molecule has 41 heavy (non-hydrogen) atoms. The Bertz CT molecular complexity index is 1930. The van der Waals surface area contributed by atoms with Gasteiger partial charge in [-0.25, -0.2) is 23.4 Å². The first kappa shape index (κ1) is 30.1. The lowest BCUT2D eigenvalue weighted by Crippen LogP contribution is -1.96. The minimum atomic E-state index is -0.344. The summed E-state index contributed by atoms with van der Waals surface area (Å²) in [5.74, 6) is -0.344. The third-order valence-corrected chi connectivity index (χ3v) is 7.11. The first-order chi connectivity index (χ1) is 19.7. The molecule has 6 nitrogen and oxygen atoms in total. The average molecular weight is 845 g/mol. The van der Waals surface area contributed by atoms with Crippen LogP contribution >= 0.6 is 86.9 Å². The number of fused-ring (bicyclic) bond motifs is 2. The number of hydrogen-bond donors (Lipinski definition) is 0. The van der Waals surface area contributed by atoms with Gasteiger partial charge in [0.25, 0.3) is 0 Å². The molecule has 13 heteroatoms. The normalized spacial score (nSPS) is 10.8. The van der Waals surface area contributed by atoms with Crippen molar-refractivity contribution >= 4 is 110 Å². The molecule has 0 aliphatic rings. The Morgan fingerprint density at radius 1 is 0.683 bits per heavy atom. The maximum Gasteiger partial charge on any atom is 0.164 e. The molecule has 6 rings (SSSR count). The van der Waals surface area contributed by atoms with E-state index in [9.17, 15) is 4.39 Å². The van der Waals surface area contributed by atoms with Crippen LogP contribution in [0.3, 0.4) is 0 Å². The maximum atomic E-state index is 13.9. The smallest absolute Gasteiger partial charge is 0.164 e. The third kappa shape index (κ3) is 6.98. The summed E-state index contributed by atoms with van der Waals surface area (Å²) >= 11 is 25.8. The minimum Gasteiger partial charge on any atom is -0.228 e. The molecule has 0 atom stereocenters. The molecule has 0 saturated carbocycles. The molecule has 4 aromatic heterocycles. The highest BCUT2D eigenvalue weighted by Gasteiger charge is 2.13. The van der Waals surface area contributed by atoms with Crippen molar-refractivity contribution in [2.24, 2.45) is 0 Å². The molecule has 206 valence electrons. The zero-order valence-electron chi connectivity index (χ0n) is 20.5. The minimum absolute atomic E-state index is 0.344. The first-order valence-electron chi connectivity index (χ1n) is 11.7. The molecule has 0 N–H and O–H groups in total. The van der Waals surface area contributed by atoms with Crippen molar-refractivity contribution < 1.29 is 4.39 Å². The monoisotopic (exact) mass is 840 g/mol. The van der Waals surface area contributed by atoms with Crippen LogP contribution in [0.5, 0.6) is 0 Å². The summed E-state index contributed by atoms with van der Waals surface area (Å²) in [6, 6.07) is 19.8. The van der Waals surface area contributed by atoms with E-state index in [-0.39, 0.29) is 5.82 Å². The SMILES string of the molecule is Clc1cc(-c2ccccc2)nc2c(C=C(Br)Br)cnn12.Fc1ccccc1-c1cc(Cl)n2ncc(C=C(Br)Br)c2n1. The number of nitrogens with zero attached hydrogens (tertiary/aromatic N) is 6. The summed E-state index contributed by atoms with van der Waals surface area (Å²) in [6.07, 6.45) is 7.06. The van der Waals surface area contributed by atoms with Gasteiger partial charge in [0.2, 0.25) is 0 Å². The molecule has 2 aromatic carbocycles. The van der Waals surface area contributed by atoms with Crippen LogP contribution in [-0.2, 0) is 0 Å². The lowest BCUT2D eigenvalue weighted by Gasteiger charge is -2.05. The summed E-state index contributed by atoms with van der Waals surface area (Å²) in [4.78, 5) is 9.12. The molecule has 0 radical (unpaired) electrons. The van der Waals surface area contributed by atoms with E-state index >= 15 is 0 Å². The fourth-order valence-electron chi connectivity index (χ4n) is 3.89. The molecule has 0 bridgehead atoms. The van der Waals surface area contributed by atoms with Crippen LogP contribution < -0.4 is 0 Å². The molecular weight excluding hydrogens is 830 g/mol. The summed E-state index contributed by atoms with van der Waals surface area (Å²) in [5.41, 5.74) is 5.62. The number of hydrogen-bond acceptors (Lipinski definition) is 4. The highest BCUT2D eigenvalue weighted by atomic mass is 79.9. The number of rotatable bonds is 4. The molecule has 0 saturated heterocycles. The Balaban J connectivity index is 0.000000165. The van der Waals surface area contributed by atoms with Crippen molar-refractivity contribution in [2.45, 2.75) is 0 Å². The zero-order valence-corrected chi connectivity index (χ0v) is 28.3. The third-order valence-electron chi connectivity index (χ3n) is 5.66. The second-order valence-electron chi connectivity index (χ2n) is 8.31. The fourth-order valence-corrected chi connectivity index (χ4v) is 5.33. The maximum absolute atomic E-state index is 13.9. The lowest BCUT2D eigenvalue weighted by atomic mass is 10.1. The average Bonchev–Trinajstić information content (AvgIpc) is 3.54. The van der Waals surface area contributed by atoms with E-state index in [4.69, 9.17) is 23.2 Å². The van der Waals surface area contributed by atoms with Crippen molar-refractivity contribution in [3.63, 3.8) is 0 Å². The van der Waals surface area contributed by atoms with Gasteiger partial charge in [0, 0.05) is 34.4 Å². The molecule has 0 amide bonds. The van der Waals surface area contributed by atoms with E-state index in [0.29, 0.717) is 32.9 Å². The molecule has 0 aliphatic heterocycles. The van der Waals surface area contributed by atoms with Crippen molar-refractivity contribution in [1.29, 1.82) is 0 Å². The number of aromatic nitrogens is 6. The van der Waals surface area contributed by atoms with E-state index in [0.717, 1.165) is 29.2 Å². The van der Waals surface area contributed by atoms with E-state index < -0.39 is 0 Å². The highest BCUT2D eigenvalue weighted by molar-refractivity contribution is 9.28. The van der Waals surface area contributed by atoms with E-state index in [1.165, 1.54) is 10.6 Å². The topological polar surface area (TPSA) is 60.4 Å². The van der Waals surface area contributed by atoms with Crippen LogP contribution in [0.4, 0.5) is 4.39 Å². The lowest BCUT2D eigenvalue weighted by molar-refractivity contribution is 0.630. The van der Waals surface area contributed by atoms with Gasteiger partial charge in [-0.2, -0.15) is 10.2 Å². The Morgan fingerprint density at radius 2 is 1.17 bits per heavy atom. The van der Waals surface area contributed by atoms with Crippen LogP contribution in [0, 0.1) is 5.82 Å². The van der Waals surface area contributed by atoms with Crippen molar-refractivity contribution in [3.8, 4) is 22.5 Å². The highest BCUT2D eigenvalue weighted by Crippen LogP contribution is 2.28. The molecule has 4 heterocycles. The van der Waals surface area contributed by atoms with Gasteiger partial charge >= 0.3 is 0 Å². The van der Waals surface area contributed by atoms with Gasteiger partial charge in [0.05, 0.1) is 30.6 Å². The van der Waals surface area contributed by atoms with E-state index in [1.54, 1.807) is 47.3 Å². The molecule has 6 aromatic rings. The molecular formula is C28H15Br4Cl2FN6. The van der Waals surface area contributed by atoms with Gasteiger partial charge in [-0.3, -0.25) is 0 Å². The van der Waals surface area contributed by atoms with Gasteiger partial charge in [0.15, 0.2) is 11.3 Å². The largest absolute Gasteiger partial charge is 0.228 e. The molecule has 0 fully saturated rings. The standard InChI is InChI=1S/C14H7Br2ClFN3.C14H8Br2ClN3/c15-12(16)5-8-7-19-21-13(17)6-11(20-14(8)21)9-3-1-2-4-10(9)18;15-12(16)6-10-8-18-20-13(17)7-11(19-14(10)20)9-4-2-1-3-5-9/h1-7H;1-8H. The van der Waals surface area contributed by atoms with Gasteiger partial charge in [-0.05, 0) is 88.0 Å². The predicted octanol–water partition coefficient (Wildman–Crippen LogP) is 10.4. The number of halogens is 7. The Kier molecular flexibility index (Phi) is 9.73. The Labute approximate surface area is 277 Å². The van der Waals surface area contributed by atoms with Crippen molar-refractivity contribution in [2.75, 3.05) is 0 Å². The van der Waals surface area contributed by atoms with Gasteiger partial charge in [-0.15, -0.1) is 0 Å². The molecule has 0 spiro atoms. The molecule has 0 aliphatic carbocycles. The summed E-state index contributed by atoms with van der Waals surface area (Å²) in [7, 11) is 0. The van der Waals surface area contributed by atoms with Crippen LogP contribution in [-0.4, -0.2) is 29.2 Å². The fraction of sp³-hybridized carbons (Fsp3) is 0. The van der Waals surface area contributed by atoms with Crippen LogP contribution in [0.1, 0.15) is 11.1 Å². The van der Waals surface area contributed by atoms with E-state index in [1.807, 2.05) is 42.5 Å². The van der Waals surface area contributed by atoms with Crippen LogP contribution in [0.15, 0.2) is 85.9 Å². The van der Waals surface area contributed by atoms with Gasteiger partial charge < -0.3 is 0 Å². The van der Waals surface area contributed by atoms with E-state index in [2.05, 4.69) is 83.9 Å². The van der Waals surface area contributed by atoms with Crippen LogP contribution in [0.2, 0.25) is 10.3 Å². The predicted molar refractivity (Wildman–Crippen MR) is 178 cm³/mol. The summed E-state index contributed by atoms with van der Waals surface area (Å²) in [6.45, 7) is 0. The van der Waals surface area contributed by atoms with Gasteiger partial charge in [-0.1, -0.05) is 65.7 Å².